The Labute approximate surface area is 193 Å². The van der Waals surface area contributed by atoms with E-state index in [9.17, 15) is 22.4 Å². The molecule has 3 atom stereocenters. The molecule has 6 nitrogen and oxygen atoms in total. The van der Waals surface area contributed by atoms with Crippen LogP contribution in [0.4, 0.5) is 23.4 Å². The molecule has 0 saturated carbocycles. The molecule has 0 radical (unpaired) electrons. The number of nitrogens with one attached hydrogen (secondary N) is 1. The van der Waals surface area contributed by atoms with Crippen molar-refractivity contribution in [3.63, 3.8) is 0 Å². The van der Waals surface area contributed by atoms with Gasteiger partial charge in [-0.3, -0.25) is 4.79 Å². The zero-order valence-corrected chi connectivity index (χ0v) is 18.2. The molecule has 2 saturated heterocycles. The second-order valence-corrected chi connectivity index (χ2v) is 8.67. The smallest absolute Gasteiger partial charge is 0.365 e. The highest BCUT2D eigenvalue weighted by atomic mass is 19.4. The van der Waals surface area contributed by atoms with E-state index in [1.165, 1.54) is 24.5 Å². The third kappa shape index (κ3) is 3.97. The number of fused-ring (bicyclic) bond motifs is 2. The highest BCUT2D eigenvalue weighted by Gasteiger charge is 2.49. The van der Waals surface area contributed by atoms with Gasteiger partial charge in [-0.05, 0) is 62.1 Å². The minimum atomic E-state index is -4.45. The van der Waals surface area contributed by atoms with E-state index >= 15 is 0 Å². The maximum atomic E-state index is 15.0. The summed E-state index contributed by atoms with van der Waals surface area (Å²) in [6, 6.07) is 6.47. The van der Waals surface area contributed by atoms with Gasteiger partial charge in [-0.2, -0.15) is 13.2 Å². The molecule has 2 fully saturated rings. The minimum absolute atomic E-state index is 0.0578. The molecule has 4 heterocycles. The van der Waals surface area contributed by atoms with Crippen molar-refractivity contribution in [2.24, 2.45) is 0 Å². The molecular formula is C24H21F4N5O. The predicted molar refractivity (Wildman–Crippen MR) is 116 cm³/mol. The summed E-state index contributed by atoms with van der Waals surface area (Å²) in [5.74, 6) is -0.414. The first-order valence-corrected chi connectivity index (χ1v) is 10.9. The topological polar surface area (TPSA) is 71.0 Å². The summed E-state index contributed by atoms with van der Waals surface area (Å²) >= 11 is 0. The summed E-state index contributed by atoms with van der Waals surface area (Å²) in [5.41, 5.74) is 0.0564. The van der Waals surface area contributed by atoms with Gasteiger partial charge in [0.2, 0.25) is 0 Å². The molecule has 176 valence electrons. The number of alkyl halides is 3. The van der Waals surface area contributed by atoms with Crippen LogP contribution in [-0.2, 0) is 6.18 Å². The number of benzene rings is 1. The van der Waals surface area contributed by atoms with Crippen LogP contribution in [0, 0.1) is 12.7 Å². The average molecular weight is 471 g/mol. The second-order valence-electron chi connectivity index (χ2n) is 8.67. The Morgan fingerprint density at radius 3 is 2.56 bits per heavy atom. The van der Waals surface area contributed by atoms with Crippen LogP contribution in [0.3, 0.4) is 0 Å². The van der Waals surface area contributed by atoms with E-state index in [-0.39, 0.29) is 41.0 Å². The van der Waals surface area contributed by atoms with E-state index in [4.69, 9.17) is 0 Å². The van der Waals surface area contributed by atoms with Gasteiger partial charge in [0, 0.05) is 30.7 Å². The highest BCUT2D eigenvalue weighted by molar-refractivity contribution is 6.01. The molecule has 2 bridgehead atoms. The normalized spacial score (nSPS) is 21.7. The molecule has 10 heteroatoms. The number of aryl methyl sites for hydroxylation is 1. The van der Waals surface area contributed by atoms with Crippen LogP contribution >= 0.6 is 0 Å². The van der Waals surface area contributed by atoms with Crippen LogP contribution in [0.2, 0.25) is 0 Å². The van der Waals surface area contributed by atoms with E-state index in [1.807, 2.05) is 0 Å². The Hall–Kier alpha value is -3.56. The van der Waals surface area contributed by atoms with Gasteiger partial charge in [0.15, 0.2) is 5.82 Å². The molecular weight excluding hydrogens is 450 g/mol. The number of halogens is 4. The molecule has 0 aliphatic carbocycles. The fourth-order valence-corrected chi connectivity index (χ4v) is 5.00. The predicted octanol–water partition coefficient (Wildman–Crippen LogP) is 4.86. The molecule has 3 unspecified atom stereocenters. The first-order chi connectivity index (χ1) is 16.2. The Balaban J connectivity index is 1.41. The number of nitrogens with zero attached hydrogens (tertiary/aromatic N) is 4. The maximum Gasteiger partial charge on any atom is 0.417 e. The van der Waals surface area contributed by atoms with Crippen LogP contribution < -0.4 is 5.32 Å². The Morgan fingerprint density at radius 1 is 1.12 bits per heavy atom. The Kier molecular flexibility index (Phi) is 5.45. The number of aromatic nitrogens is 3. The van der Waals surface area contributed by atoms with Gasteiger partial charge >= 0.3 is 6.18 Å². The second kappa shape index (κ2) is 8.34. The van der Waals surface area contributed by atoms with Crippen LogP contribution in [0.1, 0.15) is 40.7 Å². The highest BCUT2D eigenvalue weighted by Crippen LogP contribution is 2.41. The van der Waals surface area contributed by atoms with E-state index in [0.717, 1.165) is 25.1 Å². The molecule has 3 aromatic rings. The van der Waals surface area contributed by atoms with Crippen molar-refractivity contribution in [1.29, 1.82) is 0 Å². The zero-order valence-electron chi connectivity index (χ0n) is 18.2. The number of hydrogen-bond acceptors (Lipinski definition) is 5. The van der Waals surface area contributed by atoms with E-state index < -0.39 is 17.6 Å². The molecule has 5 rings (SSSR count). The van der Waals surface area contributed by atoms with Crippen LogP contribution in [0.5, 0.6) is 0 Å². The molecule has 1 N–H and O–H groups in total. The van der Waals surface area contributed by atoms with Crippen molar-refractivity contribution in [2.45, 2.75) is 50.5 Å². The van der Waals surface area contributed by atoms with Gasteiger partial charge in [-0.1, -0.05) is 0 Å². The van der Waals surface area contributed by atoms with Gasteiger partial charge in [0.25, 0.3) is 5.91 Å². The van der Waals surface area contributed by atoms with Crippen molar-refractivity contribution < 1.29 is 22.4 Å². The van der Waals surface area contributed by atoms with Gasteiger partial charge < -0.3 is 10.2 Å². The lowest BCUT2D eigenvalue weighted by atomic mass is 9.95. The summed E-state index contributed by atoms with van der Waals surface area (Å²) in [4.78, 5) is 27.6. The lowest BCUT2D eigenvalue weighted by molar-refractivity contribution is -0.137. The lowest BCUT2D eigenvalue weighted by Gasteiger charge is -2.26. The van der Waals surface area contributed by atoms with Crippen LogP contribution in [-0.4, -0.2) is 43.9 Å². The lowest BCUT2D eigenvalue weighted by Crippen LogP contribution is -2.40. The Morgan fingerprint density at radius 2 is 1.88 bits per heavy atom. The Bertz CT molecular complexity index is 1220. The van der Waals surface area contributed by atoms with Crippen LogP contribution in [0.15, 0.2) is 48.9 Å². The van der Waals surface area contributed by atoms with Crippen molar-refractivity contribution in [1.82, 2.24) is 19.9 Å². The monoisotopic (exact) mass is 471 g/mol. The van der Waals surface area contributed by atoms with Gasteiger partial charge in [-0.15, -0.1) is 0 Å². The molecule has 2 aliphatic heterocycles. The molecule has 1 amide bonds. The van der Waals surface area contributed by atoms with Gasteiger partial charge in [0.1, 0.15) is 11.6 Å². The number of pyridine rings is 1. The molecule has 2 aliphatic rings. The third-order valence-electron chi connectivity index (χ3n) is 6.45. The number of amides is 1. The minimum Gasteiger partial charge on any atom is -0.365 e. The number of hydrogen-bond donors (Lipinski definition) is 1. The summed E-state index contributed by atoms with van der Waals surface area (Å²) in [5, 5.41) is 3.19. The SMILES string of the molecule is Cc1cc(F)c(-c2ncccn2)c(C(=O)N2C3CCC2C(Nc2ccc(C(F)(F)F)cn2)C3)c1. The van der Waals surface area contributed by atoms with E-state index in [0.29, 0.717) is 17.8 Å². The summed E-state index contributed by atoms with van der Waals surface area (Å²) < 4.78 is 53.4. The first-order valence-electron chi connectivity index (χ1n) is 10.9. The fraction of sp³-hybridized carbons (Fsp3) is 0.333. The van der Waals surface area contributed by atoms with Crippen molar-refractivity contribution >= 4 is 11.7 Å². The van der Waals surface area contributed by atoms with Gasteiger partial charge in [0.05, 0.1) is 22.7 Å². The van der Waals surface area contributed by atoms with Crippen molar-refractivity contribution in [3.05, 3.63) is 71.4 Å². The summed E-state index contributed by atoms with van der Waals surface area (Å²) in [6.07, 6.45) is 1.49. The van der Waals surface area contributed by atoms with Crippen molar-refractivity contribution in [2.75, 3.05) is 5.32 Å². The van der Waals surface area contributed by atoms with Crippen molar-refractivity contribution in [3.8, 4) is 11.4 Å². The number of rotatable bonds is 4. The fourth-order valence-electron chi connectivity index (χ4n) is 5.00. The number of carbonyl (C=O) groups is 1. The summed E-state index contributed by atoms with van der Waals surface area (Å²) in [7, 11) is 0. The van der Waals surface area contributed by atoms with E-state index in [1.54, 1.807) is 24.0 Å². The standard InChI is InChI=1S/C24H21F4N5O/c1-13-9-16(21(17(25)10-13)22-29-7-2-8-30-22)23(34)33-15-4-5-19(33)18(11-15)32-20-6-3-14(12-31-20)24(26,27)28/h2-3,6-10,12,15,18-19H,4-5,11H2,1H3,(H,31,32). The maximum absolute atomic E-state index is 15.0. The largest absolute Gasteiger partial charge is 0.417 e. The molecule has 0 spiro atoms. The van der Waals surface area contributed by atoms with E-state index in [2.05, 4.69) is 20.3 Å². The first kappa shape index (κ1) is 22.2. The number of carbonyl (C=O) groups excluding carboxylic acids is 1. The quantitative estimate of drug-likeness (QED) is 0.551. The van der Waals surface area contributed by atoms with Gasteiger partial charge in [-0.25, -0.2) is 19.3 Å². The third-order valence-corrected chi connectivity index (χ3v) is 6.45. The number of anilines is 1. The van der Waals surface area contributed by atoms with Crippen LogP contribution in [0.25, 0.3) is 11.4 Å². The molecule has 2 aromatic heterocycles. The molecule has 1 aromatic carbocycles. The zero-order chi connectivity index (χ0) is 24.0. The molecule has 34 heavy (non-hydrogen) atoms. The average Bonchev–Trinajstić information content (AvgIpc) is 3.36. The summed E-state index contributed by atoms with van der Waals surface area (Å²) in [6.45, 7) is 1.72.